The van der Waals surface area contributed by atoms with Crippen molar-refractivity contribution in [2.45, 2.75) is 70.9 Å². The molecule has 4 heteroatoms. The predicted molar refractivity (Wildman–Crippen MR) is 121 cm³/mol. The minimum atomic E-state index is 0.510. The highest BCUT2D eigenvalue weighted by molar-refractivity contribution is 5.63. The Bertz CT molecular complexity index is 714. The number of rotatable bonds is 4. The van der Waals surface area contributed by atoms with Crippen molar-refractivity contribution in [3.05, 3.63) is 23.8 Å². The summed E-state index contributed by atoms with van der Waals surface area (Å²) in [7, 11) is 0. The lowest BCUT2D eigenvalue weighted by Crippen LogP contribution is -2.39. The molecule has 29 heavy (non-hydrogen) atoms. The Morgan fingerprint density at radius 3 is 2.66 bits per heavy atom. The van der Waals surface area contributed by atoms with Gasteiger partial charge >= 0.3 is 0 Å². The molecule has 4 saturated heterocycles. The fraction of sp³-hybridized carbons (Fsp3) is 0.760. The van der Waals surface area contributed by atoms with Crippen LogP contribution in [0.4, 0.5) is 11.4 Å². The summed E-state index contributed by atoms with van der Waals surface area (Å²) in [4.78, 5) is 8.09. The number of anilines is 2. The van der Waals surface area contributed by atoms with Crippen molar-refractivity contribution < 1.29 is 4.74 Å². The van der Waals surface area contributed by atoms with Crippen LogP contribution >= 0.6 is 0 Å². The van der Waals surface area contributed by atoms with Gasteiger partial charge in [0.15, 0.2) is 0 Å². The molecule has 4 heterocycles. The maximum atomic E-state index is 5.64. The average molecular weight is 398 g/mol. The Morgan fingerprint density at radius 1 is 1.03 bits per heavy atom. The fourth-order valence-corrected chi connectivity index (χ4v) is 6.46. The summed E-state index contributed by atoms with van der Waals surface area (Å²) >= 11 is 0. The Morgan fingerprint density at radius 2 is 1.90 bits per heavy atom. The number of likely N-dealkylation sites (tertiary alicyclic amines) is 1. The minimum Gasteiger partial charge on any atom is -0.381 e. The molecule has 0 amide bonds. The summed E-state index contributed by atoms with van der Waals surface area (Å²) in [5.41, 5.74) is 4.98. The third-order valence-electron chi connectivity index (χ3n) is 8.38. The maximum absolute atomic E-state index is 5.64. The lowest BCUT2D eigenvalue weighted by Gasteiger charge is -2.34. The highest BCUT2D eigenvalue weighted by atomic mass is 16.5. The molecule has 1 spiro atoms. The number of ether oxygens (including phenoxy) is 1. The SMILES string of the molecule is CCc1cc(N2CC[C@H](N3CCC[C@@H]3C)C2)ccc1N1CCC2(CCOCC2)C1. The van der Waals surface area contributed by atoms with E-state index in [0.29, 0.717) is 5.41 Å². The molecule has 0 radical (unpaired) electrons. The van der Waals surface area contributed by atoms with Crippen molar-refractivity contribution in [3.8, 4) is 0 Å². The van der Waals surface area contributed by atoms with Gasteiger partial charge in [0.2, 0.25) is 0 Å². The quantitative estimate of drug-likeness (QED) is 0.753. The molecular weight excluding hydrogens is 358 g/mol. The average Bonchev–Trinajstić information content (AvgIpc) is 3.48. The first-order valence-corrected chi connectivity index (χ1v) is 12.1. The molecule has 5 rings (SSSR count). The van der Waals surface area contributed by atoms with Gasteiger partial charge in [0.1, 0.15) is 0 Å². The van der Waals surface area contributed by atoms with Gasteiger partial charge in [-0.3, -0.25) is 4.90 Å². The van der Waals surface area contributed by atoms with Gasteiger partial charge in [-0.2, -0.15) is 0 Å². The van der Waals surface area contributed by atoms with Gasteiger partial charge in [-0.05, 0) is 87.6 Å². The van der Waals surface area contributed by atoms with Gasteiger partial charge in [-0.25, -0.2) is 0 Å². The first-order valence-electron chi connectivity index (χ1n) is 12.1. The van der Waals surface area contributed by atoms with Gasteiger partial charge in [-0.15, -0.1) is 0 Å². The molecular formula is C25H39N3O. The summed E-state index contributed by atoms with van der Waals surface area (Å²) in [5, 5.41) is 0. The molecule has 1 aromatic rings. The normalized spacial score (nSPS) is 30.0. The van der Waals surface area contributed by atoms with E-state index >= 15 is 0 Å². The van der Waals surface area contributed by atoms with Crippen LogP contribution in [-0.4, -0.2) is 62.9 Å². The van der Waals surface area contributed by atoms with Crippen LogP contribution in [0.3, 0.4) is 0 Å². The van der Waals surface area contributed by atoms with Crippen LogP contribution < -0.4 is 9.80 Å². The van der Waals surface area contributed by atoms with E-state index in [0.717, 1.165) is 31.7 Å². The molecule has 0 aliphatic carbocycles. The van der Waals surface area contributed by atoms with Crippen LogP contribution in [0.5, 0.6) is 0 Å². The number of nitrogens with zero attached hydrogens (tertiary/aromatic N) is 3. The minimum absolute atomic E-state index is 0.510. The Kier molecular flexibility index (Phi) is 5.51. The highest BCUT2D eigenvalue weighted by Gasteiger charge is 2.40. The summed E-state index contributed by atoms with van der Waals surface area (Å²) in [5.74, 6) is 0. The van der Waals surface area contributed by atoms with Crippen LogP contribution in [0, 0.1) is 5.41 Å². The van der Waals surface area contributed by atoms with Gasteiger partial charge in [-0.1, -0.05) is 6.92 Å². The summed E-state index contributed by atoms with van der Waals surface area (Å²) in [6.07, 6.45) is 9.04. The molecule has 2 atom stereocenters. The molecule has 4 nitrogen and oxygen atoms in total. The Hall–Kier alpha value is -1.26. The van der Waals surface area contributed by atoms with Crippen molar-refractivity contribution in [2.24, 2.45) is 5.41 Å². The molecule has 0 N–H and O–H groups in total. The van der Waals surface area contributed by atoms with Gasteiger partial charge in [0, 0.05) is 62.9 Å². The Labute approximate surface area is 177 Å². The number of hydrogen-bond donors (Lipinski definition) is 0. The van der Waals surface area contributed by atoms with E-state index in [4.69, 9.17) is 4.74 Å². The van der Waals surface area contributed by atoms with E-state index in [-0.39, 0.29) is 0 Å². The van der Waals surface area contributed by atoms with Crippen LogP contribution in [0.15, 0.2) is 18.2 Å². The zero-order valence-corrected chi connectivity index (χ0v) is 18.5. The molecule has 4 fully saturated rings. The third kappa shape index (κ3) is 3.79. The van der Waals surface area contributed by atoms with E-state index < -0.39 is 0 Å². The topological polar surface area (TPSA) is 19.0 Å². The smallest absolute Gasteiger partial charge is 0.0472 e. The van der Waals surface area contributed by atoms with E-state index in [2.05, 4.69) is 46.7 Å². The van der Waals surface area contributed by atoms with Crippen molar-refractivity contribution in [2.75, 3.05) is 55.7 Å². The standard InChI is InChI=1S/C25H39N3O/c1-3-21-17-22(26-13-8-23(18-26)28-12-4-5-20(28)2)6-7-24(21)27-14-9-25(19-27)10-15-29-16-11-25/h6-7,17,20,23H,3-5,8-16,18-19H2,1-2H3/t20-,23-/m0/s1. The van der Waals surface area contributed by atoms with Gasteiger partial charge < -0.3 is 14.5 Å². The van der Waals surface area contributed by atoms with Crippen molar-refractivity contribution >= 4 is 11.4 Å². The predicted octanol–water partition coefficient (Wildman–Crippen LogP) is 4.32. The van der Waals surface area contributed by atoms with Crippen molar-refractivity contribution in [1.29, 1.82) is 0 Å². The zero-order chi connectivity index (χ0) is 19.8. The van der Waals surface area contributed by atoms with Gasteiger partial charge in [0.05, 0.1) is 0 Å². The van der Waals surface area contributed by atoms with E-state index in [9.17, 15) is 0 Å². The number of hydrogen-bond acceptors (Lipinski definition) is 4. The van der Waals surface area contributed by atoms with Crippen molar-refractivity contribution in [1.82, 2.24) is 4.90 Å². The van der Waals surface area contributed by atoms with Crippen LogP contribution in [-0.2, 0) is 11.2 Å². The first-order chi connectivity index (χ1) is 14.2. The third-order valence-corrected chi connectivity index (χ3v) is 8.38. The lowest BCUT2D eigenvalue weighted by atomic mass is 9.80. The maximum Gasteiger partial charge on any atom is 0.0472 e. The molecule has 0 bridgehead atoms. The molecule has 4 aliphatic rings. The fourth-order valence-electron chi connectivity index (χ4n) is 6.46. The largest absolute Gasteiger partial charge is 0.381 e. The van der Waals surface area contributed by atoms with E-state index in [1.54, 1.807) is 0 Å². The first kappa shape index (κ1) is 19.7. The second-order valence-electron chi connectivity index (χ2n) is 10.1. The van der Waals surface area contributed by atoms with Crippen LogP contribution in [0.1, 0.15) is 57.9 Å². The molecule has 0 aromatic heterocycles. The summed E-state index contributed by atoms with van der Waals surface area (Å²) in [6, 6.07) is 8.86. The van der Waals surface area contributed by atoms with Crippen molar-refractivity contribution in [3.63, 3.8) is 0 Å². The summed E-state index contributed by atoms with van der Waals surface area (Å²) in [6.45, 7) is 12.8. The number of benzene rings is 1. The highest BCUT2D eigenvalue weighted by Crippen LogP contribution is 2.42. The van der Waals surface area contributed by atoms with E-state index in [1.165, 1.54) is 88.2 Å². The molecule has 0 unspecified atom stereocenters. The lowest BCUT2D eigenvalue weighted by molar-refractivity contribution is 0.0254. The van der Waals surface area contributed by atoms with Gasteiger partial charge in [0.25, 0.3) is 0 Å². The number of aryl methyl sites for hydroxylation is 1. The monoisotopic (exact) mass is 397 g/mol. The Balaban J connectivity index is 1.29. The van der Waals surface area contributed by atoms with E-state index in [1.807, 2.05) is 0 Å². The molecule has 160 valence electrons. The van der Waals surface area contributed by atoms with Crippen LogP contribution in [0.25, 0.3) is 0 Å². The zero-order valence-electron chi connectivity index (χ0n) is 18.5. The molecule has 4 aliphatic heterocycles. The second kappa shape index (κ2) is 8.11. The molecule has 0 saturated carbocycles. The molecule has 1 aromatic carbocycles. The van der Waals surface area contributed by atoms with Crippen LogP contribution in [0.2, 0.25) is 0 Å². The summed E-state index contributed by atoms with van der Waals surface area (Å²) < 4.78 is 5.64. The second-order valence-corrected chi connectivity index (χ2v) is 10.1.